The largest absolute Gasteiger partial charge is 0.507 e. The van der Waals surface area contributed by atoms with Gasteiger partial charge in [-0.15, -0.1) is 0 Å². The van der Waals surface area contributed by atoms with Crippen LogP contribution in [0, 0.1) is 12.7 Å². The molecule has 7 nitrogen and oxygen atoms in total. The van der Waals surface area contributed by atoms with Gasteiger partial charge >= 0.3 is 5.91 Å². The van der Waals surface area contributed by atoms with E-state index in [1.807, 2.05) is 6.92 Å². The van der Waals surface area contributed by atoms with Crippen LogP contribution < -0.4 is 9.64 Å². The van der Waals surface area contributed by atoms with Gasteiger partial charge in [0, 0.05) is 5.56 Å². The average Bonchev–Trinajstić information content (AvgIpc) is 3.53. The molecule has 35 heavy (non-hydrogen) atoms. The minimum atomic E-state index is -1.05. The number of ether oxygens (including phenoxy) is 1. The number of anilines is 1. The minimum absolute atomic E-state index is 0.123. The van der Waals surface area contributed by atoms with Gasteiger partial charge in [0.05, 0.1) is 22.4 Å². The molecular formula is C26H21FN2O5S. The number of aliphatic hydroxyl groups is 1. The van der Waals surface area contributed by atoms with Gasteiger partial charge in [-0.1, -0.05) is 30.4 Å². The number of hydrogen-bond acceptors (Lipinski definition) is 7. The number of rotatable bonds is 6. The molecule has 1 amide bonds. The molecule has 0 radical (unpaired) electrons. The van der Waals surface area contributed by atoms with Crippen LogP contribution in [0.3, 0.4) is 0 Å². The summed E-state index contributed by atoms with van der Waals surface area (Å²) in [5.74, 6) is -1.10. The molecule has 1 saturated heterocycles. The third kappa shape index (κ3) is 4.08. The fraction of sp³-hybridized carbons (Fsp3) is 0.192. The topological polar surface area (TPSA) is 92.9 Å². The van der Waals surface area contributed by atoms with Crippen LogP contribution in [0.5, 0.6) is 5.75 Å². The molecule has 0 spiro atoms. The second kappa shape index (κ2) is 8.99. The summed E-state index contributed by atoms with van der Waals surface area (Å²) in [4.78, 5) is 32.2. The Morgan fingerprint density at radius 2 is 2.03 bits per heavy atom. The van der Waals surface area contributed by atoms with Crippen LogP contribution in [0.4, 0.5) is 9.52 Å². The summed E-state index contributed by atoms with van der Waals surface area (Å²) in [7, 11) is 0. The van der Waals surface area contributed by atoms with Crippen LogP contribution in [0.1, 0.15) is 36.5 Å². The molecular weight excluding hydrogens is 471 g/mol. The van der Waals surface area contributed by atoms with Crippen molar-refractivity contribution in [2.45, 2.75) is 26.3 Å². The van der Waals surface area contributed by atoms with Gasteiger partial charge in [0.1, 0.15) is 34.9 Å². The SMILES string of the molecule is CCCOc1cccc(C(O)=C2C(=O)C(=O)N(c3nc4ccc(F)cc4s3)C2c2ccc(C)o2)c1. The van der Waals surface area contributed by atoms with E-state index in [0.29, 0.717) is 39.7 Å². The fourth-order valence-corrected chi connectivity index (χ4v) is 5.01. The number of amides is 1. The van der Waals surface area contributed by atoms with Gasteiger partial charge in [-0.25, -0.2) is 9.37 Å². The highest BCUT2D eigenvalue weighted by Crippen LogP contribution is 2.44. The van der Waals surface area contributed by atoms with Crippen LogP contribution in [0.15, 0.2) is 64.6 Å². The summed E-state index contributed by atoms with van der Waals surface area (Å²) >= 11 is 1.08. The zero-order valence-electron chi connectivity index (χ0n) is 18.9. The molecule has 1 N–H and O–H groups in total. The molecule has 5 rings (SSSR count). The third-order valence-corrected chi connectivity index (χ3v) is 6.62. The van der Waals surface area contributed by atoms with Crippen LogP contribution in [-0.4, -0.2) is 28.4 Å². The molecule has 1 atom stereocenters. The zero-order valence-corrected chi connectivity index (χ0v) is 19.8. The van der Waals surface area contributed by atoms with E-state index in [2.05, 4.69) is 4.98 Å². The molecule has 9 heteroatoms. The molecule has 1 unspecified atom stereocenters. The number of fused-ring (bicyclic) bond motifs is 1. The number of thiazole rings is 1. The predicted molar refractivity (Wildman–Crippen MR) is 130 cm³/mol. The first-order valence-electron chi connectivity index (χ1n) is 11.0. The van der Waals surface area contributed by atoms with Gasteiger partial charge in [0.2, 0.25) is 0 Å². The summed E-state index contributed by atoms with van der Waals surface area (Å²) in [6, 6.07) is 13.1. The molecule has 1 fully saturated rings. The second-order valence-corrected chi connectivity index (χ2v) is 9.11. The highest BCUT2D eigenvalue weighted by molar-refractivity contribution is 7.22. The Hall–Kier alpha value is -3.98. The lowest BCUT2D eigenvalue weighted by Crippen LogP contribution is -2.29. The molecule has 1 aliphatic rings. The molecule has 4 aromatic rings. The molecule has 178 valence electrons. The van der Waals surface area contributed by atoms with E-state index in [1.165, 1.54) is 23.1 Å². The maximum Gasteiger partial charge on any atom is 0.302 e. The zero-order chi connectivity index (χ0) is 24.7. The third-order valence-electron chi connectivity index (χ3n) is 5.60. The normalized spacial score (nSPS) is 17.5. The number of ketones is 1. The molecule has 2 aromatic heterocycles. The number of aliphatic hydroxyl groups excluding tert-OH is 1. The first kappa shape index (κ1) is 22.8. The van der Waals surface area contributed by atoms with E-state index in [-0.39, 0.29) is 16.5 Å². The Morgan fingerprint density at radius 1 is 1.20 bits per heavy atom. The van der Waals surface area contributed by atoms with Crippen molar-refractivity contribution in [1.82, 2.24) is 4.98 Å². The number of carbonyl (C=O) groups excluding carboxylic acids is 2. The standard InChI is InChI=1S/C26H21FN2O5S/c1-3-11-33-17-6-4-5-15(12-17)23(30)21-22(19-10-7-14(2)34-19)29(25(32)24(21)31)26-28-18-9-8-16(27)13-20(18)35-26/h4-10,12-13,22,30H,3,11H2,1-2H3. The Balaban J connectivity index is 1.67. The smallest absolute Gasteiger partial charge is 0.302 e. The molecule has 3 heterocycles. The maximum absolute atomic E-state index is 13.8. The Bertz CT molecular complexity index is 1490. The van der Waals surface area contributed by atoms with E-state index in [4.69, 9.17) is 9.15 Å². The number of benzene rings is 2. The lowest BCUT2D eigenvalue weighted by molar-refractivity contribution is -0.132. The Labute approximate surface area is 204 Å². The van der Waals surface area contributed by atoms with Crippen LogP contribution in [-0.2, 0) is 9.59 Å². The highest BCUT2D eigenvalue weighted by Gasteiger charge is 2.49. The molecule has 0 bridgehead atoms. The summed E-state index contributed by atoms with van der Waals surface area (Å²) in [5.41, 5.74) is 0.696. The lowest BCUT2D eigenvalue weighted by atomic mass is 9.99. The van der Waals surface area contributed by atoms with Crippen molar-refractivity contribution in [1.29, 1.82) is 0 Å². The predicted octanol–water partition coefficient (Wildman–Crippen LogP) is 5.75. The number of halogens is 1. The summed E-state index contributed by atoms with van der Waals surface area (Å²) in [6.45, 7) is 4.22. The molecule has 0 aliphatic carbocycles. The Kier molecular flexibility index (Phi) is 5.86. The van der Waals surface area contributed by atoms with Crippen molar-refractivity contribution in [2.75, 3.05) is 11.5 Å². The van der Waals surface area contributed by atoms with Crippen molar-refractivity contribution in [2.24, 2.45) is 0 Å². The molecule has 2 aromatic carbocycles. The maximum atomic E-state index is 13.8. The number of hydrogen-bond donors (Lipinski definition) is 1. The van der Waals surface area contributed by atoms with Crippen molar-refractivity contribution >= 4 is 44.1 Å². The van der Waals surface area contributed by atoms with E-state index in [1.54, 1.807) is 43.3 Å². The first-order valence-corrected chi connectivity index (χ1v) is 11.9. The van der Waals surface area contributed by atoms with Gasteiger partial charge in [0.25, 0.3) is 5.78 Å². The van der Waals surface area contributed by atoms with E-state index >= 15 is 0 Å². The van der Waals surface area contributed by atoms with Crippen LogP contribution in [0.25, 0.3) is 16.0 Å². The van der Waals surface area contributed by atoms with Gasteiger partial charge in [0.15, 0.2) is 5.13 Å². The first-order chi connectivity index (χ1) is 16.9. The number of nitrogens with zero attached hydrogens (tertiary/aromatic N) is 2. The highest BCUT2D eigenvalue weighted by atomic mass is 32.1. The second-order valence-electron chi connectivity index (χ2n) is 8.10. The number of aromatic nitrogens is 1. The number of Topliss-reactive ketones (excluding diaryl/α,β-unsaturated/α-hetero) is 1. The Morgan fingerprint density at radius 3 is 2.77 bits per heavy atom. The van der Waals surface area contributed by atoms with Crippen molar-refractivity contribution in [3.63, 3.8) is 0 Å². The van der Waals surface area contributed by atoms with Crippen molar-refractivity contribution < 1.29 is 28.2 Å². The minimum Gasteiger partial charge on any atom is -0.507 e. The summed E-state index contributed by atoms with van der Waals surface area (Å²) < 4.78 is 25.7. The van der Waals surface area contributed by atoms with Gasteiger partial charge in [-0.2, -0.15) is 0 Å². The van der Waals surface area contributed by atoms with E-state index < -0.39 is 23.5 Å². The summed E-state index contributed by atoms with van der Waals surface area (Å²) in [5, 5.41) is 11.5. The van der Waals surface area contributed by atoms with Crippen molar-refractivity contribution in [3.05, 3.63) is 83.1 Å². The van der Waals surface area contributed by atoms with E-state index in [0.717, 1.165) is 17.8 Å². The monoisotopic (exact) mass is 492 g/mol. The number of furan rings is 1. The van der Waals surface area contributed by atoms with E-state index in [9.17, 15) is 19.1 Å². The number of carbonyl (C=O) groups is 2. The lowest BCUT2D eigenvalue weighted by Gasteiger charge is -2.20. The van der Waals surface area contributed by atoms with Crippen LogP contribution >= 0.6 is 11.3 Å². The van der Waals surface area contributed by atoms with Gasteiger partial charge < -0.3 is 14.3 Å². The summed E-state index contributed by atoms with van der Waals surface area (Å²) in [6.07, 6.45) is 0.811. The molecule has 0 saturated carbocycles. The molecule has 1 aliphatic heterocycles. The van der Waals surface area contributed by atoms with Crippen LogP contribution in [0.2, 0.25) is 0 Å². The van der Waals surface area contributed by atoms with Crippen molar-refractivity contribution in [3.8, 4) is 5.75 Å². The number of aryl methyl sites for hydroxylation is 1. The average molecular weight is 493 g/mol. The quantitative estimate of drug-likeness (QED) is 0.209. The fourth-order valence-electron chi connectivity index (χ4n) is 4.00. The van der Waals surface area contributed by atoms with Gasteiger partial charge in [-0.3, -0.25) is 14.5 Å². The van der Waals surface area contributed by atoms with Gasteiger partial charge in [-0.05, 0) is 55.8 Å².